The summed E-state index contributed by atoms with van der Waals surface area (Å²) in [6.07, 6.45) is 0. The maximum absolute atomic E-state index is 14.1. The molecule has 3 rings (SSSR count). The predicted octanol–water partition coefficient (Wildman–Crippen LogP) is 1.54. The van der Waals surface area contributed by atoms with Crippen molar-refractivity contribution in [2.75, 3.05) is 19.5 Å². The summed E-state index contributed by atoms with van der Waals surface area (Å²) in [5.74, 6) is -0.680. The number of sulfonamides is 1. The van der Waals surface area contributed by atoms with Gasteiger partial charge in [-0.3, -0.25) is 9.63 Å². The molecule has 0 aliphatic rings. The van der Waals surface area contributed by atoms with E-state index in [0.717, 1.165) is 0 Å². The van der Waals surface area contributed by atoms with Gasteiger partial charge >= 0.3 is 0 Å². The van der Waals surface area contributed by atoms with Gasteiger partial charge in [-0.05, 0) is 59.8 Å². The normalized spacial score (nSPS) is 11.6. The van der Waals surface area contributed by atoms with Crippen LogP contribution in [0.25, 0.3) is 5.69 Å². The first-order chi connectivity index (χ1) is 13.7. The molecular formula is C17H17FN6O4S. The number of aryl methyl sites for hydroxylation is 1. The first-order valence-corrected chi connectivity index (χ1v) is 9.67. The second-order valence-corrected chi connectivity index (χ2v) is 7.82. The van der Waals surface area contributed by atoms with Crippen LogP contribution in [0.15, 0.2) is 47.4 Å². The molecule has 0 radical (unpaired) electrons. The van der Waals surface area contributed by atoms with Gasteiger partial charge in [-0.25, -0.2) is 12.8 Å². The summed E-state index contributed by atoms with van der Waals surface area (Å²) in [5.41, 5.74) is 0.611. The highest BCUT2D eigenvalue weighted by Crippen LogP contribution is 2.20. The molecule has 0 bridgehead atoms. The van der Waals surface area contributed by atoms with Crippen LogP contribution in [0.4, 0.5) is 10.1 Å². The molecule has 2 aromatic carbocycles. The number of nitrogens with one attached hydrogen (secondary N) is 1. The minimum absolute atomic E-state index is 0.0309. The molecule has 1 N–H and O–H groups in total. The number of amides is 1. The molecule has 0 aliphatic carbocycles. The lowest BCUT2D eigenvalue weighted by Gasteiger charge is -2.14. The Morgan fingerprint density at radius 1 is 1.21 bits per heavy atom. The Bertz CT molecular complexity index is 1150. The number of rotatable bonds is 6. The van der Waals surface area contributed by atoms with Crippen molar-refractivity contribution >= 4 is 21.6 Å². The molecule has 0 saturated carbocycles. The number of benzene rings is 2. The Hall–Kier alpha value is -3.22. The van der Waals surface area contributed by atoms with Crippen LogP contribution < -0.4 is 5.32 Å². The molecule has 0 saturated heterocycles. The molecule has 1 aromatic heterocycles. The average molecular weight is 420 g/mol. The summed E-state index contributed by atoms with van der Waals surface area (Å²) < 4.78 is 40.4. The lowest BCUT2D eigenvalue weighted by Crippen LogP contribution is -2.25. The van der Waals surface area contributed by atoms with Gasteiger partial charge in [-0.15, -0.1) is 5.10 Å². The third kappa shape index (κ3) is 4.13. The van der Waals surface area contributed by atoms with Crippen LogP contribution in [0.5, 0.6) is 0 Å². The molecule has 0 spiro atoms. The van der Waals surface area contributed by atoms with E-state index in [1.54, 1.807) is 6.92 Å². The van der Waals surface area contributed by atoms with Crippen LogP contribution in [0.2, 0.25) is 0 Å². The van der Waals surface area contributed by atoms with E-state index in [-0.39, 0.29) is 16.1 Å². The van der Waals surface area contributed by atoms with Crippen LogP contribution >= 0.6 is 0 Å². The average Bonchev–Trinajstić information content (AvgIpc) is 3.14. The molecule has 0 atom stereocenters. The summed E-state index contributed by atoms with van der Waals surface area (Å²) in [4.78, 5) is 17.2. The standard InChI is InChI=1S/C17H17FN6O4S/c1-11-20-21-22-24(11)16-10-13(6-9-15(16)18)19-17(25)12-4-7-14(8-5-12)29(26,27)23(2)28-3/h4-10H,1-3H3,(H,19,25). The topological polar surface area (TPSA) is 119 Å². The molecule has 0 aliphatic heterocycles. The fraction of sp³-hybridized carbons (Fsp3) is 0.176. The summed E-state index contributed by atoms with van der Waals surface area (Å²) in [6.45, 7) is 1.61. The number of hydrogen-bond donors (Lipinski definition) is 1. The highest BCUT2D eigenvalue weighted by molar-refractivity contribution is 7.89. The number of anilines is 1. The molecule has 0 fully saturated rings. The van der Waals surface area contributed by atoms with Gasteiger partial charge in [-0.1, -0.05) is 4.47 Å². The number of nitrogens with zero attached hydrogens (tertiary/aromatic N) is 5. The van der Waals surface area contributed by atoms with E-state index >= 15 is 0 Å². The minimum atomic E-state index is -3.81. The number of hydrogen-bond acceptors (Lipinski definition) is 7. The fourth-order valence-corrected chi connectivity index (χ4v) is 3.41. The van der Waals surface area contributed by atoms with Crippen LogP contribution in [-0.2, 0) is 14.9 Å². The van der Waals surface area contributed by atoms with Crippen molar-refractivity contribution in [3.05, 3.63) is 59.7 Å². The van der Waals surface area contributed by atoms with E-state index in [0.29, 0.717) is 16.0 Å². The second kappa shape index (κ2) is 8.03. The van der Waals surface area contributed by atoms with E-state index in [2.05, 4.69) is 20.8 Å². The Morgan fingerprint density at radius 3 is 2.48 bits per heavy atom. The summed E-state index contributed by atoms with van der Waals surface area (Å²) in [6, 6.07) is 9.28. The van der Waals surface area contributed by atoms with Gasteiger partial charge in [0.25, 0.3) is 15.9 Å². The predicted molar refractivity (Wildman–Crippen MR) is 100 cm³/mol. The van der Waals surface area contributed by atoms with Crippen molar-refractivity contribution < 1.29 is 22.4 Å². The highest BCUT2D eigenvalue weighted by atomic mass is 32.2. The zero-order chi connectivity index (χ0) is 21.2. The lowest BCUT2D eigenvalue weighted by molar-refractivity contribution is -0.0258. The minimum Gasteiger partial charge on any atom is -0.322 e. The zero-order valence-electron chi connectivity index (χ0n) is 15.7. The van der Waals surface area contributed by atoms with E-state index in [1.165, 1.54) is 61.3 Å². The van der Waals surface area contributed by atoms with Gasteiger partial charge in [0.2, 0.25) is 0 Å². The third-order valence-electron chi connectivity index (χ3n) is 4.07. The molecule has 152 valence electrons. The number of tetrazole rings is 1. The molecule has 10 nitrogen and oxygen atoms in total. The largest absolute Gasteiger partial charge is 0.322 e. The first kappa shape index (κ1) is 20.5. The van der Waals surface area contributed by atoms with Gasteiger partial charge in [0.05, 0.1) is 12.0 Å². The Balaban J connectivity index is 1.82. The molecule has 12 heteroatoms. The fourth-order valence-electron chi connectivity index (χ4n) is 2.44. The molecule has 1 heterocycles. The second-order valence-electron chi connectivity index (χ2n) is 5.88. The number of hydroxylamine groups is 1. The zero-order valence-corrected chi connectivity index (χ0v) is 16.5. The maximum Gasteiger partial charge on any atom is 0.264 e. The van der Waals surface area contributed by atoms with Crippen molar-refractivity contribution in [3.8, 4) is 5.69 Å². The number of carbonyl (C=O) groups excluding carboxylic acids is 1. The van der Waals surface area contributed by atoms with Gasteiger partial charge < -0.3 is 5.32 Å². The van der Waals surface area contributed by atoms with Crippen LogP contribution in [-0.4, -0.2) is 53.2 Å². The van der Waals surface area contributed by atoms with Gasteiger partial charge in [-0.2, -0.15) is 4.68 Å². The van der Waals surface area contributed by atoms with Crippen LogP contribution in [0.3, 0.4) is 0 Å². The number of carbonyl (C=O) groups is 1. The van der Waals surface area contributed by atoms with Gasteiger partial charge in [0.15, 0.2) is 5.82 Å². The van der Waals surface area contributed by atoms with Crippen LogP contribution in [0.1, 0.15) is 16.2 Å². The summed E-state index contributed by atoms with van der Waals surface area (Å²) in [5, 5.41) is 13.5. The van der Waals surface area contributed by atoms with Crippen molar-refractivity contribution in [2.24, 2.45) is 0 Å². The quantitative estimate of drug-likeness (QED) is 0.601. The smallest absolute Gasteiger partial charge is 0.264 e. The van der Waals surface area contributed by atoms with Crippen molar-refractivity contribution in [1.82, 2.24) is 24.7 Å². The number of halogens is 1. The van der Waals surface area contributed by atoms with E-state index in [1.807, 2.05) is 0 Å². The highest BCUT2D eigenvalue weighted by Gasteiger charge is 2.21. The monoisotopic (exact) mass is 420 g/mol. The molecule has 1 amide bonds. The molecular weight excluding hydrogens is 403 g/mol. The number of aromatic nitrogens is 4. The van der Waals surface area contributed by atoms with Crippen molar-refractivity contribution in [3.63, 3.8) is 0 Å². The van der Waals surface area contributed by atoms with Gasteiger partial charge in [0.1, 0.15) is 11.5 Å². The SMILES string of the molecule is CON(C)S(=O)(=O)c1ccc(C(=O)Nc2ccc(F)c(-n3nnnc3C)c2)cc1. The first-order valence-electron chi connectivity index (χ1n) is 8.23. The molecule has 29 heavy (non-hydrogen) atoms. The van der Waals surface area contributed by atoms with Gasteiger partial charge in [0, 0.05) is 18.3 Å². The third-order valence-corrected chi connectivity index (χ3v) is 5.76. The van der Waals surface area contributed by atoms with E-state index < -0.39 is 21.7 Å². The van der Waals surface area contributed by atoms with E-state index in [9.17, 15) is 17.6 Å². The molecule has 3 aromatic rings. The summed E-state index contributed by atoms with van der Waals surface area (Å²) in [7, 11) is -1.33. The van der Waals surface area contributed by atoms with Crippen molar-refractivity contribution in [2.45, 2.75) is 11.8 Å². The van der Waals surface area contributed by atoms with Crippen molar-refractivity contribution in [1.29, 1.82) is 0 Å². The van der Waals surface area contributed by atoms with Crippen LogP contribution in [0, 0.1) is 12.7 Å². The Labute approximate surface area is 165 Å². The Morgan fingerprint density at radius 2 is 1.90 bits per heavy atom. The Kier molecular flexibility index (Phi) is 5.68. The summed E-state index contributed by atoms with van der Waals surface area (Å²) >= 11 is 0. The van der Waals surface area contributed by atoms with E-state index in [4.69, 9.17) is 4.84 Å². The lowest BCUT2D eigenvalue weighted by atomic mass is 10.2. The maximum atomic E-state index is 14.1. The molecule has 0 unspecified atom stereocenters.